The summed E-state index contributed by atoms with van der Waals surface area (Å²) in [5.41, 5.74) is 3.58. The van der Waals surface area contributed by atoms with Crippen LogP contribution in [0.4, 0.5) is 0 Å². The third kappa shape index (κ3) is 3.94. The quantitative estimate of drug-likeness (QED) is 0.817. The predicted molar refractivity (Wildman–Crippen MR) is 70.0 cm³/mol. The molecule has 18 heavy (non-hydrogen) atoms. The van der Waals surface area contributed by atoms with E-state index in [-0.39, 0.29) is 5.91 Å². The number of rotatable bonds is 5. The number of hydrogen-bond acceptors (Lipinski definition) is 2. The number of carbonyl (C=O) groups excluding carboxylic acids is 1. The Hall–Kier alpha value is -2.29. The monoisotopic (exact) mass is 241 g/mol. The Morgan fingerprint density at radius 2 is 1.56 bits per heavy atom. The average Bonchev–Trinajstić information content (AvgIpc) is 2.45. The Balaban J connectivity index is 1.73. The van der Waals surface area contributed by atoms with E-state index in [1.54, 1.807) is 12.1 Å². The molecule has 0 aliphatic carbocycles. The van der Waals surface area contributed by atoms with Crippen LogP contribution in [-0.4, -0.2) is 5.91 Å². The van der Waals surface area contributed by atoms with Crippen LogP contribution < -0.4 is 10.3 Å². The number of aryl methyl sites for hydroxylation is 1. The standard InChI is InChI=1S/C15H15NO2/c17-15(12-11-13-7-3-1-4-8-13)16-18-14-9-5-2-6-10-14/h1-10H,11-12H2,(H,16,17). The largest absolute Gasteiger partial charge is 0.380 e. The van der Waals surface area contributed by atoms with E-state index in [0.29, 0.717) is 18.6 Å². The van der Waals surface area contributed by atoms with Crippen LogP contribution in [0, 0.1) is 0 Å². The molecule has 0 aromatic heterocycles. The summed E-state index contributed by atoms with van der Waals surface area (Å²) < 4.78 is 0. The van der Waals surface area contributed by atoms with Gasteiger partial charge in [-0.25, -0.2) is 0 Å². The number of benzene rings is 2. The molecule has 0 aliphatic heterocycles. The van der Waals surface area contributed by atoms with Crippen molar-refractivity contribution in [2.24, 2.45) is 0 Å². The van der Waals surface area contributed by atoms with Gasteiger partial charge in [0.1, 0.15) is 0 Å². The van der Waals surface area contributed by atoms with Gasteiger partial charge in [-0.1, -0.05) is 48.5 Å². The fraction of sp³-hybridized carbons (Fsp3) is 0.133. The number of nitrogens with one attached hydrogen (secondary N) is 1. The zero-order chi connectivity index (χ0) is 12.6. The van der Waals surface area contributed by atoms with Crippen LogP contribution in [-0.2, 0) is 11.2 Å². The summed E-state index contributed by atoms with van der Waals surface area (Å²) in [4.78, 5) is 16.7. The van der Waals surface area contributed by atoms with Gasteiger partial charge in [0.15, 0.2) is 5.75 Å². The summed E-state index contributed by atoms with van der Waals surface area (Å²) in [5, 5.41) is 0. The van der Waals surface area contributed by atoms with Gasteiger partial charge >= 0.3 is 0 Å². The van der Waals surface area contributed by atoms with Crippen LogP contribution in [0.2, 0.25) is 0 Å². The number of amides is 1. The van der Waals surface area contributed by atoms with Crippen molar-refractivity contribution in [1.29, 1.82) is 0 Å². The van der Waals surface area contributed by atoms with Gasteiger partial charge < -0.3 is 4.84 Å². The molecule has 2 aromatic rings. The third-order valence-corrected chi connectivity index (χ3v) is 2.51. The highest BCUT2D eigenvalue weighted by molar-refractivity contribution is 5.75. The minimum Gasteiger partial charge on any atom is -0.380 e. The van der Waals surface area contributed by atoms with Gasteiger partial charge in [0.05, 0.1) is 0 Å². The van der Waals surface area contributed by atoms with Crippen molar-refractivity contribution in [3.05, 3.63) is 66.2 Å². The maximum atomic E-state index is 11.6. The first-order valence-corrected chi connectivity index (χ1v) is 5.89. The summed E-state index contributed by atoms with van der Waals surface area (Å²) in [6, 6.07) is 19.1. The SMILES string of the molecule is O=C(CCc1ccccc1)NOc1ccccc1. The second kappa shape index (κ2) is 6.45. The maximum Gasteiger partial charge on any atom is 0.252 e. The van der Waals surface area contributed by atoms with Gasteiger partial charge in [-0.15, -0.1) is 0 Å². The van der Waals surface area contributed by atoms with E-state index in [4.69, 9.17) is 4.84 Å². The Kier molecular flexibility index (Phi) is 4.36. The highest BCUT2D eigenvalue weighted by atomic mass is 16.7. The molecular formula is C15H15NO2. The molecule has 0 bridgehead atoms. The maximum absolute atomic E-state index is 11.6. The average molecular weight is 241 g/mol. The van der Waals surface area contributed by atoms with E-state index in [9.17, 15) is 4.79 Å². The van der Waals surface area contributed by atoms with E-state index in [0.717, 1.165) is 5.56 Å². The first-order valence-electron chi connectivity index (χ1n) is 5.89. The molecule has 2 aromatic carbocycles. The van der Waals surface area contributed by atoms with Crippen molar-refractivity contribution in [2.75, 3.05) is 0 Å². The number of para-hydroxylation sites is 1. The van der Waals surface area contributed by atoms with E-state index >= 15 is 0 Å². The van der Waals surface area contributed by atoms with Gasteiger partial charge in [0.25, 0.3) is 5.91 Å². The molecule has 0 aliphatic rings. The van der Waals surface area contributed by atoms with Crippen LogP contribution in [0.1, 0.15) is 12.0 Å². The molecule has 0 atom stereocenters. The molecule has 1 amide bonds. The highest BCUT2D eigenvalue weighted by Gasteiger charge is 2.02. The Morgan fingerprint density at radius 3 is 2.22 bits per heavy atom. The van der Waals surface area contributed by atoms with Crippen molar-refractivity contribution in [3.8, 4) is 5.75 Å². The van der Waals surface area contributed by atoms with Gasteiger partial charge in [-0.3, -0.25) is 4.79 Å². The van der Waals surface area contributed by atoms with E-state index in [1.807, 2.05) is 48.5 Å². The number of hydrogen-bond donors (Lipinski definition) is 1. The van der Waals surface area contributed by atoms with Crippen LogP contribution in [0.25, 0.3) is 0 Å². The fourth-order valence-corrected chi connectivity index (χ4v) is 1.56. The van der Waals surface area contributed by atoms with E-state index in [1.165, 1.54) is 0 Å². The molecular weight excluding hydrogens is 226 g/mol. The Bertz CT molecular complexity index is 437. The third-order valence-electron chi connectivity index (χ3n) is 2.51. The zero-order valence-electron chi connectivity index (χ0n) is 10.0. The topological polar surface area (TPSA) is 38.3 Å². The minimum absolute atomic E-state index is 0.122. The van der Waals surface area contributed by atoms with Crippen LogP contribution >= 0.6 is 0 Å². The molecule has 0 heterocycles. The molecule has 92 valence electrons. The predicted octanol–water partition coefficient (Wildman–Crippen LogP) is 2.73. The second-order valence-corrected chi connectivity index (χ2v) is 3.93. The lowest BCUT2D eigenvalue weighted by molar-refractivity contribution is -0.127. The first-order chi connectivity index (χ1) is 8.84. The number of carbonyl (C=O) groups is 1. The molecule has 0 radical (unpaired) electrons. The summed E-state index contributed by atoms with van der Waals surface area (Å²) in [6.07, 6.45) is 1.13. The Labute approximate surface area is 106 Å². The van der Waals surface area contributed by atoms with Crippen molar-refractivity contribution < 1.29 is 9.63 Å². The van der Waals surface area contributed by atoms with Crippen molar-refractivity contribution in [1.82, 2.24) is 5.48 Å². The molecule has 0 spiro atoms. The van der Waals surface area contributed by atoms with Crippen molar-refractivity contribution >= 4 is 5.91 Å². The lowest BCUT2D eigenvalue weighted by Crippen LogP contribution is -2.27. The molecule has 3 heteroatoms. The second-order valence-electron chi connectivity index (χ2n) is 3.93. The minimum atomic E-state index is -0.122. The summed E-state index contributed by atoms with van der Waals surface area (Å²) in [6.45, 7) is 0. The molecule has 0 saturated heterocycles. The normalized spacial score (nSPS) is 9.78. The molecule has 3 nitrogen and oxygen atoms in total. The first kappa shape index (κ1) is 12.2. The highest BCUT2D eigenvalue weighted by Crippen LogP contribution is 2.07. The summed E-state index contributed by atoms with van der Waals surface area (Å²) in [5.74, 6) is 0.508. The van der Waals surface area contributed by atoms with Crippen molar-refractivity contribution in [2.45, 2.75) is 12.8 Å². The van der Waals surface area contributed by atoms with Crippen LogP contribution in [0.3, 0.4) is 0 Å². The molecule has 1 N–H and O–H groups in total. The van der Waals surface area contributed by atoms with Crippen LogP contribution in [0.5, 0.6) is 5.75 Å². The fourth-order valence-electron chi connectivity index (χ4n) is 1.56. The van der Waals surface area contributed by atoms with Gasteiger partial charge in [-0.05, 0) is 24.1 Å². The molecule has 0 saturated carbocycles. The van der Waals surface area contributed by atoms with Gasteiger partial charge in [0, 0.05) is 6.42 Å². The molecule has 0 fully saturated rings. The lowest BCUT2D eigenvalue weighted by Gasteiger charge is -2.06. The van der Waals surface area contributed by atoms with Gasteiger partial charge in [0.2, 0.25) is 0 Å². The van der Waals surface area contributed by atoms with Crippen LogP contribution in [0.15, 0.2) is 60.7 Å². The van der Waals surface area contributed by atoms with Crippen molar-refractivity contribution in [3.63, 3.8) is 0 Å². The Morgan fingerprint density at radius 1 is 0.944 bits per heavy atom. The summed E-state index contributed by atoms with van der Waals surface area (Å²) in [7, 11) is 0. The van der Waals surface area contributed by atoms with E-state index < -0.39 is 0 Å². The zero-order valence-corrected chi connectivity index (χ0v) is 10.0. The number of hydroxylamine groups is 1. The summed E-state index contributed by atoms with van der Waals surface area (Å²) >= 11 is 0. The molecule has 2 rings (SSSR count). The van der Waals surface area contributed by atoms with E-state index in [2.05, 4.69) is 5.48 Å². The lowest BCUT2D eigenvalue weighted by atomic mass is 10.1. The molecule has 0 unspecified atom stereocenters. The smallest absolute Gasteiger partial charge is 0.252 e. The van der Waals surface area contributed by atoms with Gasteiger partial charge in [-0.2, -0.15) is 5.48 Å².